The van der Waals surface area contributed by atoms with Crippen molar-refractivity contribution in [2.45, 2.75) is 12.5 Å². The predicted molar refractivity (Wildman–Crippen MR) is 67.5 cm³/mol. The van der Waals surface area contributed by atoms with Gasteiger partial charge in [-0.2, -0.15) is 0 Å². The van der Waals surface area contributed by atoms with Gasteiger partial charge in [-0.15, -0.1) is 0 Å². The molecule has 4 heteroatoms. The van der Waals surface area contributed by atoms with E-state index in [1.165, 1.54) is 0 Å². The Bertz CT molecular complexity index is 388. The minimum atomic E-state index is 0.0926. The summed E-state index contributed by atoms with van der Waals surface area (Å²) in [6, 6.07) is 7.85. The van der Waals surface area contributed by atoms with Gasteiger partial charge in [0.2, 0.25) is 0 Å². The molecule has 0 spiro atoms. The van der Waals surface area contributed by atoms with Gasteiger partial charge in [0.25, 0.3) is 5.91 Å². The lowest BCUT2D eigenvalue weighted by Crippen LogP contribution is -2.38. The first-order valence-corrected chi connectivity index (χ1v) is 6.21. The lowest BCUT2D eigenvalue weighted by Gasteiger charge is -2.23. The van der Waals surface area contributed by atoms with Gasteiger partial charge in [-0.05, 0) is 31.2 Å². The molecule has 0 unspecified atom stereocenters. The van der Waals surface area contributed by atoms with E-state index >= 15 is 0 Å². The third-order valence-corrected chi connectivity index (χ3v) is 3.47. The highest BCUT2D eigenvalue weighted by Crippen LogP contribution is 2.15. The Morgan fingerprint density at radius 2 is 2.38 bits per heavy atom. The van der Waals surface area contributed by atoms with Crippen molar-refractivity contribution in [2.24, 2.45) is 0 Å². The molecule has 1 N–H and O–H groups in total. The molecule has 2 rings (SSSR count). The zero-order chi connectivity index (χ0) is 11.5. The number of nitrogens with zero attached hydrogens (tertiary/aromatic N) is 1. The highest BCUT2D eigenvalue weighted by Gasteiger charge is 2.23. The molecule has 1 aliphatic heterocycles. The molecule has 1 amide bonds. The Morgan fingerprint density at radius 3 is 3.00 bits per heavy atom. The summed E-state index contributed by atoms with van der Waals surface area (Å²) in [5, 5.41) is 3.27. The van der Waals surface area contributed by atoms with E-state index in [4.69, 9.17) is 0 Å². The number of rotatable bonds is 2. The summed E-state index contributed by atoms with van der Waals surface area (Å²) in [5.41, 5.74) is 0.740. The Morgan fingerprint density at radius 1 is 1.56 bits per heavy atom. The van der Waals surface area contributed by atoms with Crippen LogP contribution in [-0.4, -0.2) is 37.0 Å². The second kappa shape index (κ2) is 4.97. The molecule has 0 aliphatic carbocycles. The summed E-state index contributed by atoms with van der Waals surface area (Å²) in [5.74, 6) is 0.0926. The van der Waals surface area contributed by atoms with Gasteiger partial charge < -0.3 is 10.2 Å². The molecular weight excluding hydrogens is 268 g/mol. The number of carbonyl (C=O) groups excluding carboxylic acids is 1. The normalized spacial score (nSPS) is 19.8. The first-order valence-electron chi connectivity index (χ1n) is 5.42. The van der Waals surface area contributed by atoms with E-state index in [9.17, 15) is 4.79 Å². The smallest absolute Gasteiger partial charge is 0.253 e. The fourth-order valence-electron chi connectivity index (χ4n) is 1.96. The summed E-state index contributed by atoms with van der Waals surface area (Å²) >= 11 is 3.38. The van der Waals surface area contributed by atoms with E-state index in [0.29, 0.717) is 6.04 Å². The summed E-state index contributed by atoms with van der Waals surface area (Å²) in [7, 11) is 1.88. The van der Waals surface area contributed by atoms with Crippen LogP contribution in [-0.2, 0) is 0 Å². The molecule has 1 heterocycles. The van der Waals surface area contributed by atoms with Gasteiger partial charge in [-0.25, -0.2) is 0 Å². The van der Waals surface area contributed by atoms with E-state index in [-0.39, 0.29) is 5.91 Å². The average Bonchev–Trinajstić information content (AvgIpc) is 2.80. The molecule has 0 bridgehead atoms. The molecule has 1 fully saturated rings. The van der Waals surface area contributed by atoms with Crippen molar-refractivity contribution in [1.29, 1.82) is 0 Å². The average molecular weight is 283 g/mol. The SMILES string of the molecule is CN(C(=O)c1cccc(Br)c1)[C@H]1CCNC1. The zero-order valence-electron chi connectivity index (χ0n) is 9.24. The monoisotopic (exact) mass is 282 g/mol. The number of likely N-dealkylation sites (N-methyl/N-ethyl adjacent to an activating group) is 1. The summed E-state index contributed by atoms with van der Waals surface area (Å²) in [6.07, 6.45) is 1.04. The van der Waals surface area contributed by atoms with Gasteiger partial charge in [0.05, 0.1) is 0 Å². The van der Waals surface area contributed by atoms with Gasteiger partial charge in [0, 0.05) is 29.7 Å². The van der Waals surface area contributed by atoms with E-state index in [2.05, 4.69) is 21.2 Å². The maximum absolute atomic E-state index is 12.2. The van der Waals surface area contributed by atoms with Gasteiger partial charge in [-0.3, -0.25) is 4.79 Å². The van der Waals surface area contributed by atoms with Crippen LogP contribution in [0.5, 0.6) is 0 Å². The summed E-state index contributed by atoms with van der Waals surface area (Å²) in [6.45, 7) is 1.90. The van der Waals surface area contributed by atoms with Crippen LogP contribution in [0.4, 0.5) is 0 Å². The number of carbonyl (C=O) groups is 1. The molecule has 1 aliphatic rings. The van der Waals surface area contributed by atoms with Crippen LogP contribution in [0.25, 0.3) is 0 Å². The van der Waals surface area contributed by atoms with Crippen LogP contribution in [0, 0.1) is 0 Å². The molecule has 1 aromatic rings. The second-order valence-corrected chi connectivity index (χ2v) is 4.99. The van der Waals surface area contributed by atoms with E-state index in [1.807, 2.05) is 36.2 Å². The minimum absolute atomic E-state index is 0.0926. The quantitative estimate of drug-likeness (QED) is 0.899. The maximum atomic E-state index is 12.2. The molecule has 16 heavy (non-hydrogen) atoms. The lowest BCUT2D eigenvalue weighted by atomic mass is 10.1. The number of halogens is 1. The van der Waals surface area contributed by atoms with Crippen molar-refractivity contribution in [3.05, 3.63) is 34.3 Å². The third kappa shape index (κ3) is 2.44. The highest BCUT2D eigenvalue weighted by molar-refractivity contribution is 9.10. The molecule has 1 aromatic carbocycles. The van der Waals surface area contributed by atoms with Crippen molar-refractivity contribution in [2.75, 3.05) is 20.1 Å². The predicted octanol–water partition coefficient (Wildman–Crippen LogP) is 1.88. The molecule has 86 valence electrons. The number of amides is 1. The molecule has 1 atom stereocenters. The molecule has 1 saturated heterocycles. The minimum Gasteiger partial charge on any atom is -0.337 e. The van der Waals surface area contributed by atoms with E-state index in [1.54, 1.807) is 0 Å². The zero-order valence-corrected chi connectivity index (χ0v) is 10.8. The first kappa shape index (κ1) is 11.6. The van der Waals surface area contributed by atoms with E-state index < -0.39 is 0 Å². The van der Waals surface area contributed by atoms with Gasteiger partial charge >= 0.3 is 0 Å². The van der Waals surface area contributed by atoms with Gasteiger partial charge in [0.15, 0.2) is 0 Å². The topological polar surface area (TPSA) is 32.3 Å². The molecule has 3 nitrogen and oxygen atoms in total. The molecular formula is C12H15BrN2O. The third-order valence-electron chi connectivity index (χ3n) is 2.97. The van der Waals surface area contributed by atoms with Crippen molar-refractivity contribution >= 4 is 21.8 Å². The van der Waals surface area contributed by atoms with Crippen molar-refractivity contribution in [3.8, 4) is 0 Å². The molecule has 0 saturated carbocycles. The van der Waals surface area contributed by atoms with Crippen molar-refractivity contribution in [3.63, 3.8) is 0 Å². The fraction of sp³-hybridized carbons (Fsp3) is 0.417. The Kier molecular flexibility index (Phi) is 3.61. The largest absolute Gasteiger partial charge is 0.337 e. The molecule has 0 radical (unpaired) electrons. The number of nitrogens with one attached hydrogen (secondary N) is 1. The standard InChI is InChI=1S/C12H15BrN2O/c1-15(11-5-6-14-8-11)12(16)9-3-2-4-10(13)7-9/h2-4,7,11,14H,5-6,8H2,1H3/t11-/m0/s1. The highest BCUT2D eigenvalue weighted by atomic mass is 79.9. The second-order valence-electron chi connectivity index (χ2n) is 4.07. The van der Waals surface area contributed by atoms with Crippen LogP contribution in [0.2, 0.25) is 0 Å². The number of hydrogen-bond acceptors (Lipinski definition) is 2. The summed E-state index contributed by atoms with van der Waals surface area (Å²) in [4.78, 5) is 14.0. The molecule has 0 aromatic heterocycles. The Balaban J connectivity index is 2.12. The maximum Gasteiger partial charge on any atom is 0.253 e. The fourth-order valence-corrected chi connectivity index (χ4v) is 2.36. The summed E-state index contributed by atoms with van der Waals surface area (Å²) < 4.78 is 0.941. The van der Waals surface area contributed by atoms with Gasteiger partial charge in [0.1, 0.15) is 0 Å². The van der Waals surface area contributed by atoms with Crippen LogP contribution >= 0.6 is 15.9 Å². The lowest BCUT2D eigenvalue weighted by molar-refractivity contribution is 0.0743. The first-order chi connectivity index (χ1) is 7.68. The van der Waals surface area contributed by atoms with Gasteiger partial charge in [-0.1, -0.05) is 22.0 Å². The van der Waals surface area contributed by atoms with Crippen LogP contribution in [0.15, 0.2) is 28.7 Å². The van der Waals surface area contributed by atoms with Crippen molar-refractivity contribution in [1.82, 2.24) is 10.2 Å². The van der Waals surface area contributed by atoms with Crippen LogP contribution in [0.3, 0.4) is 0 Å². The van der Waals surface area contributed by atoms with Crippen LogP contribution < -0.4 is 5.32 Å². The van der Waals surface area contributed by atoms with Crippen LogP contribution in [0.1, 0.15) is 16.8 Å². The van der Waals surface area contributed by atoms with E-state index in [0.717, 1.165) is 29.5 Å². The Labute approximate surface area is 104 Å². The number of benzene rings is 1. The Hall–Kier alpha value is -0.870. The number of hydrogen-bond donors (Lipinski definition) is 1. The van der Waals surface area contributed by atoms with Crippen molar-refractivity contribution < 1.29 is 4.79 Å².